The van der Waals surface area contributed by atoms with Crippen LogP contribution in [0, 0.1) is 4.77 Å². The van der Waals surface area contributed by atoms with E-state index in [2.05, 4.69) is 36.4 Å². The Hall–Kier alpha value is -1.28. The lowest BCUT2D eigenvalue weighted by Crippen LogP contribution is -2.12. The lowest BCUT2D eigenvalue weighted by molar-refractivity contribution is 0.669. The molecule has 2 heterocycles. The number of anilines is 1. The zero-order chi connectivity index (χ0) is 13.2. The number of aryl methyl sites for hydroxylation is 1. The van der Waals surface area contributed by atoms with E-state index in [9.17, 15) is 0 Å². The monoisotopic (exact) mass is 296 g/mol. The summed E-state index contributed by atoms with van der Waals surface area (Å²) in [5.41, 5.74) is 0. The maximum absolute atomic E-state index is 5.26. The number of H-pyrrole nitrogens is 1. The zero-order valence-electron chi connectivity index (χ0n) is 10.7. The normalized spacial score (nSPS) is 14.8. The van der Waals surface area contributed by atoms with Gasteiger partial charge < -0.3 is 9.88 Å². The van der Waals surface area contributed by atoms with Crippen LogP contribution in [0.2, 0.25) is 0 Å². The van der Waals surface area contributed by atoms with Gasteiger partial charge in [0.25, 0.3) is 0 Å². The Kier molecular flexibility index (Phi) is 3.61. The van der Waals surface area contributed by atoms with Gasteiger partial charge in [-0.1, -0.05) is 6.92 Å². The summed E-state index contributed by atoms with van der Waals surface area (Å²) in [6.07, 6.45) is 3.32. The highest BCUT2D eigenvalue weighted by atomic mass is 32.1. The van der Waals surface area contributed by atoms with Gasteiger partial charge in [0.05, 0.1) is 0 Å². The molecule has 0 aliphatic heterocycles. The molecule has 102 valence electrons. The fraction of sp³-hybridized carbons (Fsp3) is 0.636. The van der Waals surface area contributed by atoms with Crippen molar-refractivity contribution in [2.75, 3.05) is 11.9 Å². The van der Waals surface area contributed by atoms with E-state index in [1.54, 1.807) is 0 Å². The van der Waals surface area contributed by atoms with E-state index >= 15 is 0 Å². The molecule has 1 saturated carbocycles. The Morgan fingerprint density at radius 3 is 3.05 bits per heavy atom. The second kappa shape index (κ2) is 5.38. The van der Waals surface area contributed by atoms with Gasteiger partial charge in [-0.15, -0.1) is 0 Å². The maximum atomic E-state index is 5.26. The first-order valence-corrected chi connectivity index (χ1v) is 7.67. The third-order valence-electron chi connectivity index (χ3n) is 3.13. The highest BCUT2D eigenvalue weighted by Crippen LogP contribution is 2.38. The summed E-state index contributed by atoms with van der Waals surface area (Å²) in [5.74, 6) is 2.59. The molecule has 0 radical (unpaired) electrons. The van der Waals surface area contributed by atoms with Crippen LogP contribution >= 0.6 is 23.8 Å². The summed E-state index contributed by atoms with van der Waals surface area (Å²) < 4.78 is 7.03. The van der Waals surface area contributed by atoms with Gasteiger partial charge in [0.1, 0.15) is 11.6 Å². The van der Waals surface area contributed by atoms with Gasteiger partial charge >= 0.3 is 0 Å². The molecular formula is C11H16N6S2. The first-order valence-electron chi connectivity index (χ1n) is 6.49. The number of hydrogen-bond acceptors (Lipinski definition) is 6. The smallest absolute Gasteiger partial charge is 0.202 e. The van der Waals surface area contributed by atoms with Crippen molar-refractivity contribution in [2.24, 2.45) is 0 Å². The Morgan fingerprint density at radius 1 is 1.53 bits per heavy atom. The van der Waals surface area contributed by atoms with Crippen LogP contribution in [0.5, 0.6) is 0 Å². The standard InChI is InChI=1S/C11H16N6S2/c1-2-8-13-10(19-16-8)12-5-6-17-9(7-3-4-7)14-15-11(17)18/h7H,2-6H2,1H3,(H,15,18)(H,12,13,16). The molecule has 19 heavy (non-hydrogen) atoms. The Morgan fingerprint density at radius 2 is 2.37 bits per heavy atom. The topological polar surface area (TPSA) is 71.4 Å². The van der Waals surface area contributed by atoms with Crippen LogP contribution in [0.25, 0.3) is 0 Å². The van der Waals surface area contributed by atoms with E-state index in [1.165, 1.54) is 24.4 Å². The van der Waals surface area contributed by atoms with E-state index in [1.807, 2.05) is 0 Å². The van der Waals surface area contributed by atoms with E-state index in [0.717, 1.165) is 36.3 Å². The van der Waals surface area contributed by atoms with E-state index < -0.39 is 0 Å². The minimum absolute atomic E-state index is 0.598. The van der Waals surface area contributed by atoms with Gasteiger partial charge in [0.2, 0.25) is 5.13 Å². The number of nitrogens with one attached hydrogen (secondary N) is 2. The van der Waals surface area contributed by atoms with Crippen molar-refractivity contribution in [3.8, 4) is 0 Å². The lowest BCUT2D eigenvalue weighted by Gasteiger charge is -2.06. The van der Waals surface area contributed by atoms with Gasteiger partial charge in [0, 0.05) is 37.0 Å². The van der Waals surface area contributed by atoms with Crippen LogP contribution in [-0.4, -0.2) is 30.7 Å². The highest BCUT2D eigenvalue weighted by Gasteiger charge is 2.28. The molecule has 0 saturated heterocycles. The quantitative estimate of drug-likeness (QED) is 0.801. The second-order valence-electron chi connectivity index (χ2n) is 4.61. The van der Waals surface area contributed by atoms with Crippen molar-refractivity contribution in [2.45, 2.75) is 38.6 Å². The van der Waals surface area contributed by atoms with Crippen LogP contribution < -0.4 is 5.32 Å². The summed E-state index contributed by atoms with van der Waals surface area (Å²) in [4.78, 5) is 4.38. The first-order chi connectivity index (χ1) is 9.28. The van der Waals surface area contributed by atoms with Crippen molar-refractivity contribution in [1.82, 2.24) is 24.1 Å². The lowest BCUT2D eigenvalue weighted by atomic mass is 10.4. The third kappa shape index (κ3) is 2.84. The van der Waals surface area contributed by atoms with Crippen molar-refractivity contribution < 1.29 is 0 Å². The van der Waals surface area contributed by atoms with Gasteiger partial charge in [-0.25, -0.2) is 4.98 Å². The van der Waals surface area contributed by atoms with Crippen LogP contribution in [0.15, 0.2) is 0 Å². The molecule has 2 aromatic rings. The van der Waals surface area contributed by atoms with E-state index in [-0.39, 0.29) is 0 Å². The average molecular weight is 296 g/mol. The number of aromatic amines is 1. The predicted octanol–water partition coefficient (Wildman–Crippen LogP) is 2.34. The Bertz CT molecular complexity index is 609. The molecule has 0 aromatic carbocycles. The third-order valence-corrected chi connectivity index (χ3v) is 4.15. The molecule has 0 unspecified atom stereocenters. The summed E-state index contributed by atoms with van der Waals surface area (Å²) in [6.45, 7) is 3.65. The van der Waals surface area contributed by atoms with Gasteiger partial charge in [-0.05, 0) is 25.1 Å². The number of aromatic nitrogens is 5. The fourth-order valence-corrected chi connectivity index (χ4v) is 2.85. The summed E-state index contributed by atoms with van der Waals surface area (Å²) in [7, 11) is 0. The summed E-state index contributed by atoms with van der Waals surface area (Å²) >= 11 is 6.67. The van der Waals surface area contributed by atoms with Gasteiger partial charge in [-0.3, -0.25) is 5.10 Å². The molecule has 3 rings (SSSR count). The van der Waals surface area contributed by atoms with E-state index in [4.69, 9.17) is 12.2 Å². The predicted molar refractivity (Wildman–Crippen MR) is 77.2 cm³/mol. The number of rotatable bonds is 6. The largest absolute Gasteiger partial charge is 0.358 e. The molecule has 0 bridgehead atoms. The maximum Gasteiger partial charge on any atom is 0.202 e. The van der Waals surface area contributed by atoms with Crippen LogP contribution in [0.3, 0.4) is 0 Å². The molecule has 1 aliphatic carbocycles. The molecule has 8 heteroatoms. The molecule has 0 amide bonds. The summed E-state index contributed by atoms with van der Waals surface area (Å²) in [6, 6.07) is 0. The number of hydrogen-bond donors (Lipinski definition) is 2. The molecule has 1 aliphatic rings. The van der Waals surface area contributed by atoms with Gasteiger partial charge in [-0.2, -0.15) is 9.47 Å². The molecule has 1 fully saturated rings. The SMILES string of the molecule is CCc1nsc(NCCn2c(C3CC3)n[nH]c2=S)n1. The molecule has 0 spiro atoms. The van der Waals surface area contributed by atoms with Crippen LogP contribution in [0.4, 0.5) is 5.13 Å². The number of nitrogens with zero attached hydrogens (tertiary/aromatic N) is 4. The van der Waals surface area contributed by atoms with Crippen molar-refractivity contribution >= 4 is 28.9 Å². The minimum atomic E-state index is 0.598. The van der Waals surface area contributed by atoms with Crippen molar-refractivity contribution in [3.05, 3.63) is 16.4 Å². The Balaban J connectivity index is 1.60. The molecular weight excluding hydrogens is 280 g/mol. The molecule has 2 aromatic heterocycles. The Labute approximate surface area is 120 Å². The van der Waals surface area contributed by atoms with Crippen molar-refractivity contribution in [1.29, 1.82) is 0 Å². The molecule has 0 atom stereocenters. The molecule has 2 N–H and O–H groups in total. The molecule has 6 nitrogen and oxygen atoms in total. The summed E-state index contributed by atoms with van der Waals surface area (Å²) in [5, 5.41) is 11.4. The van der Waals surface area contributed by atoms with Crippen molar-refractivity contribution in [3.63, 3.8) is 0 Å². The zero-order valence-corrected chi connectivity index (χ0v) is 12.4. The fourth-order valence-electron chi connectivity index (χ4n) is 1.94. The first kappa shape index (κ1) is 12.7. The minimum Gasteiger partial charge on any atom is -0.358 e. The highest BCUT2D eigenvalue weighted by molar-refractivity contribution is 7.71. The second-order valence-corrected chi connectivity index (χ2v) is 5.75. The average Bonchev–Trinajstić information content (AvgIpc) is 3.04. The van der Waals surface area contributed by atoms with Gasteiger partial charge in [0.15, 0.2) is 4.77 Å². The van der Waals surface area contributed by atoms with E-state index in [0.29, 0.717) is 10.7 Å². The van der Waals surface area contributed by atoms with Crippen LogP contribution in [0.1, 0.15) is 37.3 Å². The van der Waals surface area contributed by atoms with Crippen LogP contribution in [-0.2, 0) is 13.0 Å².